The largest absolute Gasteiger partial charge is 0.338 e. The summed E-state index contributed by atoms with van der Waals surface area (Å²) >= 11 is 0. The molecule has 3 rings (SSSR count). The van der Waals surface area contributed by atoms with E-state index < -0.39 is 5.54 Å². The van der Waals surface area contributed by atoms with E-state index >= 15 is 0 Å². The number of carbonyl (C=O) groups is 2. The van der Waals surface area contributed by atoms with E-state index in [2.05, 4.69) is 4.98 Å². The van der Waals surface area contributed by atoms with Crippen LogP contribution in [0.5, 0.6) is 0 Å². The Bertz CT molecular complexity index is 628. The van der Waals surface area contributed by atoms with Gasteiger partial charge in [-0.05, 0) is 58.1 Å². The quantitative estimate of drug-likeness (QED) is 0.842. The van der Waals surface area contributed by atoms with Gasteiger partial charge in [0.15, 0.2) is 0 Å². The van der Waals surface area contributed by atoms with Gasteiger partial charge in [-0.1, -0.05) is 6.07 Å². The van der Waals surface area contributed by atoms with Crippen LogP contribution in [-0.4, -0.2) is 51.3 Å². The molecule has 0 aromatic carbocycles. The van der Waals surface area contributed by atoms with Crippen molar-refractivity contribution >= 4 is 11.8 Å². The molecule has 124 valence electrons. The minimum atomic E-state index is -0.649. The molecule has 2 fully saturated rings. The molecule has 0 radical (unpaired) electrons. The molecule has 1 aromatic rings. The van der Waals surface area contributed by atoms with Crippen molar-refractivity contribution in [3.05, 3.63) is 29.6 Å². The highest BCUT2D eigenvalue weighted by atomic mass is 16.2. The van der Waals surface area contributed by atoms with Crippen molar-refractivity contribution in [1.29, 1.82) is 0 Å². The van der Waals surface area contributed by atoms with Crippen LogP contribution in [0.25, 0.3) is 0 Å². The second kappa shape index (κ2) is 5.95. The Balaban J connectivity index is 1.95. The fourth-order valence-corrected chi connectivity index (χ4v) is 4.00. The van der Waals surface area contributed by atoms with Crippen molar-refractivity contribution in [1.82, 2.24) is 14.8 Å². The predicted molar refractivity (Wildman–Crippen MR) is 88.1 cm³/mol. The maximum absolute atomic E-state index is 13.1. The normalized spacial score (nSPS) is 24.8. The Labute approximate surface area is 137 Å². The first-order valence-electron chi connectivity index (χ1n) is 8.52. The number of amides is 2. The van der Waals surface area contributed by atoms with E-state index in [1.807, 2.05) is 37.8 Å². The third-order valence-electron chi connectivity index (χ3n) is 5.22. The number of piperidine rings is 1. The van der Waals surface area contributed by atoms with Crippen LogP contribution in [0.1, 0.15) is 55.6 Å². The Kier molecular flexibility index (Phi) is 4.13. The van der Waals surface area contributed by atoms with E-state index in [4.69, 9.17) is 0 Å². The van der Waals surface area contributed by atoms with Gasteiger partial charge in [0.1, 0.15) is 11.2 Å². The molecule has 5 heteroatoms. The number of pyridine rings is 1. The molecule has 2 aliphatic heterocycles. The number of rotatable bonds is 2. The molecule has 1 atom stereocenters. The first kappa shape index (κ1) is 16.0. The minimum absolute atomic E-state index is 0.0976. The fraction of sp³-hybridized carbons (Fsp3) is 0.611. The van der Waals surface area contributed by atoms with Crippen LogP contribution in [-0.2, 0) is 4.79 Å². The molecule has 0 saturated carbocycles. The standard InChI is InChI=1S/C18H25N3O2/c1-13(2)20-11-5-8-18(17(20)23)9-6-12-21(18)16(22)15-14(3)7-4-10-19-15/h4,7,10,13H,5-6,8-9,11-12H2,1-3H3. The molecule has 0 bridgehead atoms. The zero-order valence-electron chi connectivity index (χ0n) is 14.2. The third-order valence-corrected chi connectivity index (χ3v) is 5.22. The highest BCUT2D eigenvalue weighted by Crippen LogP contribution is 2.39. The minimum Gasteiger partial charge on any atom is -0.338 e. The van der Waals surface area contributed by atoms with Crippen LogP contribution >= 0.6 is 0 Å². The Morgan fingerprint density at radius 1 is 1.26 bits per heavy atom. The summed E-state index contributed by atoms with van der Waals surface area (Å²) in [6.45, 7) is 7.42. The summed E-state index contributed by atoms with van der Waals surface area (Å²) in [4.78, 5) is 34.2. The predicted octanol–water partition coefficient (Wildman–Crippen LogP) is 2.40. The lowest BCUT2D eigenvalue weighted by Gasteiger charge is -2.45. The van der Waals surface area contributed by atoms with E-state index in [-0.39, 0.29) is 17.9 Å². The average Bonchev–Trinajstić information content (AvgIpc) is 2.94. The van der Waals surface area contributed by atoms with Crippen LogP contribution in [0, 0.1) is 6.92 Å². The number of likely N-dealkylation sites (tertiary alicyclic amines) is 2. The lowest BCUT2D eigenvalue weighted by atomic mass is 9.84. The van der Waals surface area contributed by atoms with Crippen molar-refractivity contribution in [2.45, 2.75) is 58.0 Å². The topological polar surface area (TPSA) is 53.5 Å². The third kappa shape index (κ3) is 2.52. The first-order chi connectivity index (χ1) is 11.0. The number of aryl methyl sites for hydroxylation is 1. The number of carbonyl (C=O) groups excluding carboxylic acids is 2. The molecule has 2 aliphatic rings. The zero-order valence-corrected chi connectivity index (χ0v) is 14.2. The Morgan fingerprint density at radius 2 is 1.96 bits per heavy atom. The lowest BCUT2D eigenvalue weighted by Crippen LogP contribution is -2.62. The van der Waals surface area contributed by atoms with Crippen LogP contribution in [0.4, 0.5) is 0 Å². The smallest absolute Gasteiger partial charge is 0.273 e. The van der Waals surface area contributed by atoms with E-state index in [1.165, 1.54) is 0 Å². The Morgan fingerprint density at radius 3 is 2.61 bits per heavy atom. The van der Waals surface area contributed by atoms with Crippen LogP contribution in [0.15, 0.2) is 18.3 Å². The van der Waals surface area contributed by atoms with Gasteiger partial charge in [0, 0.05) is 25.3 Å². The van der Waals surface area contributed by atoms with Crippen LogP contribution in [0.2, 0.25) is 0 Å². The molecule has 3 heterocycles. The molecule has 23 heavy (non-hydrogen) atoms. The number of hydrogen-bond donors (Lipinski definition) is 0. The SMILES string of the molecule is Cc1cccnc1C(=O)N1CCCC12CCCN(C(C)C)C2=O. The molecule has 0 N–H and O–H groups in total. The summed E-state index contributed by atoms with van der Waals surface area (Å²) in [7, 11) is 0. The number of aromatic nitrogens is 1. The summed E-state index contributed by atoms with van der Waals surface area (Å²) in [6.07, 6.45) is 5.02. The monoisotopic (exact) mass is 315 g/mol. The van der Waals surface area contributed by atoms with Gasteiger partial charge in [-0.25, -0.2) is 0 Å². The molecule has 2 amide bonds. The van der Waals surface area contributed by atoms with E-state index in [0.29, 0.717) is 12.2 Å². The summed E-state index contributed by atoms with van der Waals surface area (Å²) in [6, 6.07) is 3.90. The van der Waals surface area contributed by atoms with Crippen molar-refractivity contribution in [3.63, 3.8) is 0 Å². The van der Waals surface area contributed by atoms with Gasteiger partial charge in [-0.15, -0.1) is 0 Å². The maximum Gasteiger partial charge on any atom is 0.273 e. The van der Waals surface area contributed by atoms with Crippen LogP contribution < -0.4 is 0 Å². The van der Waals surface area contributed by atoms with Gasteiger partial charge in [0.2, 0.25) is 5.91 Å². The van der Waals surface area contributed by atoms with Gasteiger partial charge in [-0.2, -0.15) is 0 Å². The van der Waals surface area contributed by atoms with Crippen molar-refractivity contribution in [3.8, 4) is 0 Å². The molecule has 5 nitrogen and oxygen atoms in total. The van der Waals surface area contributed by atoms with Gasteiger partial charge in [-0.3, -0.25) is 14.6 Å². The van der Waals surface area contributed by atoms with Gasteiger partial charge in [0.05, 0.1) is 0 Å². The Hall–Kier alpha value is -1.91. The summed E-state index contributed by atoms with van der Waals surface area (Å²) in [5.74, 6) is 0.0257. The molecular formula is C18H25N3O2. The molecule has 0 aliphatic carbocycles. The summed E-state index contributed by atoms with van der Waals surface area (Å²) in [5, 5.41) is 0. The average molecular weight is 315 g/mol. The highest BCUT2D eigenvalue weighted by molar-refractivity contribution is 5.99. The molecule has 1 unspecified atom stereocenters. The highest BCUT2D eigenvalue weighted by Gasteiger charge is 2.53. The van der Waals surface area contributed by atoms with Gasteiger partial charge in [0.25, 0.3) is 5.91 Å². The number of nitrogens with zero attached hydrogens (tertiary/aromatic N) is 3. The molecule has 2 saturated heterocycles. The van der Waals surface area contributed by atoms with Gasteiger partial charge >= 0.3 is 0 Å². The van der Waals surface area contributed by atoms with Gasteiger partial charge < -0.3 is 9.80 Å². The van der Waals surface area contributed by atoms with Crippen molar-refractivity contribution in [2.24, 2.45) is 0 Å². The fourth-order valence-electron chi connectivity index (χ4n) is 4.00. The maximum atomic E-state index is 13.1. The lowest BCUT2D eigenvalue weighted by molar-refractivity contribution is -0.147. The zero-order chi connectivity index (χ0) is 16.6. The summed E-state index contributed by atoms with van der Waals surface area (Å²) in [5.41, 5.74) is 0.690. The second-order valence-corrected chi connectivity index (χ2v) is 6.96. The second-order valence-electron chi connectivity index (χ2n) is 6.96. The van der Waals surface area contributed by atoms with E-state index in [1.54, 1.807) is 11.1 Å². The molecule has 1 spiro atoms. The summed E-state index contributed by atoms with van der Waals surface area (Å²) < 4.78 is 0. The van der Waals surface area contributed by atoms with E-state index in [9.17, 15) is 9.59 Å². The molecular weight excluding hydrogens is 290 g/mol. The van der Waals surface area contributed by atoms with Crippen molar-refractivity contribution < 1.29 is 9.59 Å². The van der Waals surface area contributed by atoms with Crippen LogP contribution in [0.3, 0.4) is 0 Å². The van der Waals surface area contributed by atoms with Crippen molar-refractivity contribution in [2.75, 3.05) is 13.1 Å². The molecule has 1 aromatic heterocycles. The number of hydrogen-bond acceptors (Lipinski definition) is 3. The first-order valence-corrected chi connectivity index (χ1v) is 8.52. The van der Waals surface area contributed by atoms with E-state index in [0.717, 1.165) is 37.8 Å².